The number of aromatic amines is 1. The second kappa shape index (κ2) is 4.36. The molecular weight excluding hydrogens is 226 g/mol. The van der Waals surface area contributed by atoms with Crippen molar-refractivity contribution in [2.75, 3.05) is 0 Å². The molecule has 0 aliphatic rings. The van der Waals surface area contributed by atoms with E-state index in [1.54, 1.807) is 18.3 Å². The van der Waals surface area contributed by atoms with E-state index in [-0.39, 0.29) is 5.69 Å². The zero-order valence-electron chi connectivity index (χ0n) is 8.25. The van der Waals surface area contributed by atoms with Crippen molar-refractivity contribution in [3.8, 4) is 0 Å². The summed E-state index contributed by atoms with van der Waals surface area (Å²) in [6.45, 7) is 0. The highest BCUT2D eigenvalue weighted by Crippen LogP contribution is 2.14. The third-order valence-electron chi connectivity index (χ3n) is 2.16. The summed E-state index contributed by atoms with van der Waals surface area (Å²) in [5.74, 6) is 0. The number of rotatable bonds is 3. The molecule has 0 saturated heterocycles. The lowest BCUT2D eigenvalue weighted by Gasteiger charge is -1.98. The molecule has 5 nitrogen and oxygen atoms in total. The fraction of sp³-hybridized carbons (Fsp3) is 0.100. The van der Waals surface area contributed by atoms with Gasteiger partial charge in [0.25, 0.3) is 5.69 Å². The highest BCUT2D eigenvalue weighted by atomic mass is 32.1. The van der Waals surface area contributed by atoms with Crippen LogP contribution in [0.1, 0.15) is 11.3 Å². The van der Waals surface area contributed by atoms with Gasteiger partial charge in [-0.1, -0.05) is 12.1 Å². The molecule has 0 aliphatic heterocycles. The maximum atomic E-state index is 10.5. The van der Waals surface area contributed by atoms with E-state index < -0.39 is 4.92 Å². The number of imidazole rings is 1. The zero-order valence-corrected chi connectivity index (χ0v) is 9.15. The standard InChI is InChI=1S/C10H9N3O2S/c14-13(15)9-3-1-7(2-4-9)5-8-6-11-10(16)12-8/h1-4,6H,5H2,(H2,11,12,16). The van der Waals surface area contributed by atoms with Crippen LogP contribution in [0.5, 0.6) is 0 Å². The maximum absolute atomic E-state index is 10.5. The van der Waals surface area contributed by atoms with Crippen LogP contribution in [0.2, 0.25) is 0 Å². The number of nitrogens with zero attached hydrogens (tertiary/aromatic N) is 2. The number of nitro benzene ring substituents is 1. The van der Waals surface area contributed by atoms with Gasteiger partial charge in [0.15, 0.2) is 5.16 Å². The van der Waals surface area contributed by atoms with Crippen LogP contribution < -0.4 is 0 Å². The molecule has 6 heteroatoms. The normalized spacial score (nSPS) is 10.3. The van der Waals surface area contributed by atoms with Crippen LogP contribution in [0, 0.1) is 10.1 Å². The molecule has 0 aliphatic carbocycles. The van der Waals surface area contributed by atoms with Gasteiger partial charge in [-0.25, -0.2) is 4.98 Å². The molecule has 1 N–H and O–H groups in total. The lowest BCUT2D eigenvalue weighted by molar-refractivity contribution is -0.384. The smallest absolute Gasteiger partial charge is 0.269 e. The van der Waals surface area contributed by atoms with Gasteiger partial charge in [0.2, 0.25) is 0 Å². The van der Waals surface area contributed by atoms with Gasteiger partial charge in [-0.2, -0.15) is 0 Å². The molecule has 0 amide bonds. The number of nitro groups is 1. The van der Waals surface area contributed by atoms with E-state index in [1.165, 1.54) is 12.1 Å². The molecule has 0 unspecified atom stereocenters. The molecule has 0 atom stereocenters. The number of thiol groups is 1. The zero-order chi connectivity index (χ0) is 11.5. The topological polar surface area (TPSA) is 71.8 Å². The predicted molar refractivity (Wildman–Crippen MR) is 61.7 cm³/mol. The summed E-state index contributed by atoms with van der Waals surface area (Å²) in [7, 11) is 0. The fourth-order valence-electron chi connectivity index (χ4n) is 1.39. The average molecular weight is 235 g/mol. The molecular formula is C10H9N3O2S. The predicted octanol–water partition coefficient (Wildman–Crippen LogP) is 2.20. The first-order chi connectivity index (χ1) is 7.65. The largest absolute Gasteiger partial charge is 0.337 e. The van der Waals surface area contributed by atoms with E-state index in [9.17, 15) is 10.1 Å². The van der Waals surface area contributed by atoms with E-state index in [0.717, 1.165) is 11.3 Å². The van der Waals surface area contributed by atoms with Crippen LogP contribution in [-0.4, -0.2) is 14.9 Å². The lowest BCUT2D eigenvalue weighted by atomic mass is 10.1. The number of hydrogen-bond donors (Lipinski definition) is 2. The third-order valence-corrected chi connectivity index (χ3v) is 2.38. The van der Waals surface area contributed by atoms with Gasteiger partial charge >= 0.3 is 0 Å². The van der Waals surface area contributed by atoms with E-state index in [4.69, 9.17) is 0 Å². The van der Waals surface area contributed by atoms with Gasteiger partial charge in [-0.3, -0.25) is 10.1 Å². The van der Waals surface area contributed by atoms with E-state index >= 15 is 0 Å². The summed E-state index contributed by atoms with van der Waals surface area (Å²) >= 11 is 4.06. The van der Waals surface area contributed by atoms with Crippen molar-refractivity contribution in [2.45, 2.75) is 11.6 Å². The molecule has 2 rings (SSSR count). The average Bonchev–Trinajstić information content (AvgIpc) is 2.65. The Kier molecular flexibility index (Phi) is 2.91. The molecule has 1 aromatic heterocycles. The van der Waals surface area contributed by atoms with Crippen molar-refractivity contribution in [3.63, 3.8) is 0 Å². The Morgan fingerprint density at radius 1 is 1.38 bits per heavy atom. The minimum atomic E-state index is -0.411. The molecule has 2 aromatic rings. The summed E-state index contributed by atoms with van der Waals surface area (Å²) in [5, 5.41) is 11.0. The van der Waals surface area contributed by atoms with Crippen molar-refractivity contribution in [2.24, 2.45) is 0 Å². The Balaban J connectivity index is 2.14. The van der Waals surface area contributed by atoms with Crippen LogP contribution in [0.3, 0.4) is 0 Å². The SMILES string of the molecule is O=[N+]([O-])c1ccc(Cc2cnc(S)[nH]2)cc1. The first kappa shape index (κ1) is 10.7. The van der Waals surface area contributed by atoms with Gasteiger partial charge in [-0.15, -0.1) is 12.6 Å². The Hall–Kier alpha value is -1.82. The number of nitrogens with one attached hydrogen (secondary N) is 1. The van der Waals surface area contributed by atoms with Gasteiger partial charge in [0.1, 0.15) is 0 Å². The van der Waals surface area contributed by atoms with Crippen LogP contribution >= 0.6 is 12.6 Å². The Morgan fingerprint density at radius 2 is 2.06 bits per heavy atom. The highest BCUT2D eigenvalue weighted by Gasteiger charge is 2.05. The molecule has 0 spiro atoms. The summed E-state index contributed by atoms with van der Waals surface area (Å²) in [4.78, 5) is 17.0. The summed E-state index contributed by atoms with van der Waals surface area (Å²) in [6.07, 6.45) is 2.36. The quantitative estimate of drug-likeness (QED) is 0.486. The number of aromatic nitrogens is 2. The molecule has 82 valence electrons. The Labute approximate surface area is 97.1 Å². The van der Waals surface area contributed by atoms with E-state index in [2.05, 4.69) is 22.6 Å². The molecule has 0 saturated carbocycles. The first-order valence-electron chi connectivity index (χ1n) is 4.61. The van der Waals surface area contributed by atoms with E-state index in [0.29, 0.717) is 11.6 Å². The fourth-order valence-corrected chi connectivity index (χ4v) is 1.59. The number of hydrogen-bond acceptors (Lipinski definition) is 4. The van der Waals surface area contributed by atoms with Crippen molar-refractivity contribution < 1.29 is 4.92 Å². The monoisotopic (exact) mass is 235 g/mol. The minimum Gasteiger partial charge on any atom is -0.337 e. The van der Waals surface area contributed by atoms with Crippen molar-refractivity contribution in [1.29, 1.82) is 0 Å². The van der Waals surface area contributed by atoms with Gasteiger partial charge in [0, 0.05) is 30.4 Å². The molecule has 0 fully saturated rings. The summed E-state index contributed by atoms with van der Waals surface area (Å²) < 4.78 is 0. The van der Waals surface area contributed by atoms with Gasteiger partial charge < -0.3 is 4.98 Å². The summed E-state index contributed by atoms with van der Waals surface area (Å²) in [5.41, 5.74) is 2.02. The highest BCUT2D eigenvalue weighted by molar-refractivity contribution is 7.80. The second-order valence-electron chi connectivity index (χ2n) is 3.33. The van der Waals surface area contributed by atoms with Crippen molar-refractivity contribution >= 4 is 18.3 Å². The van der Waals surface area contributed by atoms with Crippen LogP contribution in [0.15, 0.2) is 35.6 Å². The Bertz CT molecular complexity index is 507. The molecule has 1 heterocycles. The second-order valence-corrected chi connectivity index (χ2v) is 3.76. The molecule has 16 heavy (non-hydrogen) atoms. The van der Waals surface area contributed by atoms with Crippen LogP contribution in [-0.2, 0) is 6.42 Å². The first-order valence-corrected chi connectivity index (χ1v) is 5.06. The number of benzene rings is 1. The van der Waals surface area contributed by atoms with Gasteiger partial charge in [-0.05, 0) is 5.56 Å². The van der Waals surface area contributed by atoms with E-state index in [1.807, 2.05) is 0 Å². The lowest BCUT2D eigenvalue weighted by Crippen LogP contribution is -1.91. The van der Waals surface area contributed by atoms with Gasteiger partial charge in [0.05, 0.1) is 4.92 Å². The maximum Gasteiger partial charge on any atom is 0.269 e. The number of non-ortho nitro benzene ring substituents is 1. The molecule has 0 radical (unpaired) electrons. The van der Waals surface area contributed by atoms with Crippen molar-refractivity contribution in [3.05, 3.63) is 51.8 Å². The number of H-pyrrole nitrogens is 1. The molecule has 0 bridgehead atoms. The third kappa shape index (κ3) is 2.40. The molecule has 1 aromatic carbocycles. The van der Waals surface area contributed by atoms with Crippen LogP contribution in [0.25, 0.3) is 0 Å². The summed E-state index contributed by atoms with van der Waals surface area (Å²) in [6, 6.07) is 6.45. The van der Waals surface area contributed by atoms with Crippen molar-refractivity contribution in [1.82, 2.24) is 9.97 Å². The Morgan fingerprint density at radius 3 is 2.56 bits per heavy atom. The minimum absolute atomic E-state index is 0.100. The van der Waals surface area contributed by atoms with Crippen LogP contribution in [0.4, 0.5) is 5.69 Å².